The zero-order valence-electron chi connectivity index (χ0n) is 21.5. The Kier molecular flexibility index (Phi) is 4.81. The molecule has 0 radical (unpaired) electrons. The second kappa shape index (κ2) is 7.82. The van der Waals surface area contributed by atoms with E-state index in [2.05, 4.69) is 34.9 Å². The van der Waals surface area contributed by atoms with Crippen molar-refractivity contribution in [3.05, 3.63) is 35.4 Å². The molecule has 36 heavy (non-hydrogen) atoms. The van der Waals surface area contributed by atoms with Crippen LogP contribution < -0.4 is 10.6 Å². The normalized spacial score (nSPS) is 45.2. The van der Waals surface area contributed by atoms with Gasteiger partial charge in [-0.3, -0.25) is 9.59 Å². The van der Waals surface area contributed by atoms with Crippen molar-refractivity contribution >= 4 is 11.8 Å². The van der Waals surface area contributed by atoms with Crippen molar-refractivity contribution in [1.82, 2.24) is 15.5 Å². The van der Waals surface area contributed by atoms with E-state index < -0.39 is 0 Å². The minimum atomic E-state index is -0.0459. The van der Waals surface area contributed by atoms with Gasteiger partial charge in [-0.25, -0.2) is 0 Å². The summed E-state index contributed by atoms with van der Waals surface area (Å²) in [5, 5.41) is 7.57. The van der Waals surface area contributed by atoms with Gasteiger partial charge in [0.25, 0.3) is 0 Å². The number of benzene rings is 1. The molecule has 1 aliphatic heterocycles. The van der Waals surface area contributed by atoms with Gasteiger partial charge in [0.15, 0.2) is 0 Å². The van der Waals surface area contributed by atoms with Crippen molar-refractivity contribution in [3.63, 3.8) is 0 Å². The fourth-order valence-electron chi connectivity index (χ4n) is 11.2. The first-order chi connectivity index (χ1) is 17.4. The number of nitrogens with zero attached hydrogens (tertiary/aromatic N) is 1. The molecule has 1 heterocycles. The van der Waals surface area contributed by atoms with E-state index >= 15 is 0 Å². The molecule has 10 rings (SSSR count). The van der Waals surface area contributed by atoms with Gasteiger partial charge in [-0.1, -0.05) is 24.3 Å². The third-order valence-corrected chi connectivity index (χ3v) is 11.8. The van der Waals surface area contributed by atoms with Gasteiger partial charge in [0.1, 0.15) is 0 Å². The van der Waals surface area contributed by atoms with Gasteiger partial charge in [0, 0.05) is 30.1 Å². The van der Waals surface area contributed by atoms with Crippen LogP contribution in [0.1, 0.15) is 81.8 Å². The van der Waals surface area contributed by atoms with Crippen LogP contribution in [0.2, 0.25) is 0 Å². The predicted molar refractivity (Wildman–Crippen MR) is 138 cm³/mol. The van der Waals surface area contributed by atoms with Crippen LogP contribution in [0.4, 0.5) is 0 Å². The number of rotatable bonds is 5. The first-order valence-corrected chi connectivity index (χ1v) is 14.9. The molecule has 192 valence electrons. The maximum Gasteiger partial charge on any atom is 0.237 e. The number of carbonyl (C=O) groups excluding carboxylic acids is 2. The Labute approximate surface area is 215 Å². The number of hydrogen-bond acceptors (Lipinski definition) is 3. The van der Waals surface area contributed by atoms with Crippen molar-refractivity contribution in [1.29, 1.82) is 0 Å². The fourth-order valence-corrected chi connectivity index (χ4v) is 11.2. The highest BCUT2D eigenvalue weighted by atomic mass is 16.2. The number of amides is 2. The summed E-state index contributed by atoms with van der Waals surface area (Å²) in [5.74, 6) is 5.35. The quantitative estimate of drug-likeness (QED) is 0.647. The highest BCUT2D eigenvalue weighted by Gasteiger charge is 2.59. The van der Waals surface area contributed by atoms with Gasteiger partial charge in [-0.05, 0) is 117 Å². The third kappa shape index (κ3) is 3.51. The van der Waals surface area contributed by atoms with Gasteiger partial charge in [0.05, 0.1) is 6.54 Å². The molecule has 1 aromatic rings. The number of nitrogens with one attached hydrogen (secondary N) is 2. The van der Waals surface area contributed by atoms with Crippen molar-refractivity contribution in [2.75, 3.05) is 6.54 Å². The van der Waals surface area contributed by atoms with Crippen LogP contribution in [0.3, 0.4) is 0 Å². The molecule has 8 fully saturated rings. The van der Waals surface area contributed by atoms with Gasteiger partial charge in [0.2, 0.25) is 11.8 Å². The van der Waals surface area contributed by atoms with Crippen LogP contribution in [0, 0.1) is 41.4 Å². The third-order valence-electron chi connectivity index (χ3n) is 11.8. The average Bonchev–Trinajstić information content (AvgIpc) is 3.25. The van der Waals surface area contributed by atoms with Gasteiger partial charge in [-0.15, -0.1) is 0 Å². The Balaban J connectivity index is 0.956. The second-order valence-corrected chi connectivity index (χ2v) is 14.3. The molecular weight excluding hydrogens is 446 g/mol. The molecule has 2 N–H and O–H groups in total. The lowest BCUT2D eigenvalue weighted by atomic mass is 9.49. The van der Waals surface area contributed by atoms with Gasteiger partial charge >= 0.3 is 0 Å². The lowest BCUT2D eigenvalue weighted by Gasteiger charge is -2.63. The van der Waals surface area contributed by atoms with E-state index in [1.54, 1.807) is 0 Å². The summed E-state index contributed by atoms with van der Waals surface area (Å²) >= 11 is 0. The number of fused-ring (bicyclic) bond motifs is 1. The van der Waals surface area contributed by atoms with E-state index in [9.17, 15) is 9.59 Å². The number of carbonyl (C=O) groups is 2. The summed E-state index contributed by atoms with van der Waals surface area (Å²) in [6, 6.07) is 8.42. The molecule has 0 saturated heterocycles. The molecule has 8 saturated carbocycles. The smallest absolute Gasteiger partial charge is 0.237 e. The lowest BCUT2D eigenvalue weighted by molar-refractivity contribution is -0.145. The van der Waals surface area contributed by atoms with Crippen molar-refractivity contribution < 1.29 is 9.59 Å². The molecule has 5 nitrogen and oxygen atoms in total. The van der Waals surface area contributed by atoms with Crippen molar-refractivity contribution in [2.24, 2.45) is 41.4 Å². The van der Waals surface area contributed by atoms with Crippen molar-refractivity contribution in [2.45, 2.75) is 94.8 Å². The fraction of sp³-hybridized carbons (Fsp3) is 0.742. The molecular formula is C31H41N3O2. The summed E-state index contributed by atoms with van der Waals surface area (Å²) < 4.78 is 0. The first-order valence-electron chi connectivity index (χ1n) is 14.9. The van der Waals surface area contributed by atoms with E-state index in [0.29, 0.717) is 36.1 Å². The Hall–Kier alpha value is -1.88. The first kappa shape index (κ1) is 22.1. The standard InChI is InChI=1S/C31H41N3O2/c35-27(34-16-23-3-1-2-4-24(23)17-34)15-32-30-11-21-6-22(12-30)14-31(13-21,18-30)33-29(36)28-25-7-19-5-20(9-25)10-26(28)8-19/h1-4,19-22,25-26,28,32H,5-18H2,(H,33,36). The van der Waals surface area contributed by atoms with E-state index in [0.717, 1.165) is 44.2 Å². The highest BCUT2D eigenvalue weighted by molar-refractivity contribution is 5.81. The van der Waals surface area contributed by atoms with Gasteiger partial charge < -0.3 is 15.5 Å². The molecule has 9 aliphatic rings. The minimum absolute atomic E-state index is 0.0175. The molecule has 8 aliphatic carbocycles. The maximum absolute atomic E-state index is 13.9. The molecule has 5 heteroatoms. The molecule has 0 aromatic heterocycles. The van der Waals surface area contributed by atoms with E-state index in [1.165, 1.54) is 62.5 Å². The minimum Gasteiger partial charge on any atom is -0.350 e. The van der Waals surface area contributed by atoms with E-state index in [-0.39, 0.29) is 22.9 Å². The zero-order chi connectivity index (χ0) is 24.1. The summed E-state index contributed by atoms with van der Waals surface area (Å²) in [6.07, 6.45) is 13.6. The maximum atomic E-state index is 13.9. The molecule has 1 aromatic carbocycles. The van der Waals surface area contributed by atoms with Crippen LogP contribution in [-0.4, -0.2) is 34.3 Å². The Morgan fingerprint density at radius 1 is 0.778 bits per heavy atom. The predicted octanol–water partition coefficient (Wildman–Crippen LogP) is 4.40. The Morgan fingerprint density at radius 3 is 1.94 bits per heavy atom. The summed E-state index contributed by atoms with van der Waals surface area (Å²) in [5.41, 5.74) is 2.54. The Morgan fingerprint density at radius 2 is 1.33 bits per heavy atom. The van der Waals surface area contributed by atoms with Crippen molar-refractivity contribution in [3.8, 4) is 0 Å². The zero-order valence-corrected chi connectivity index (χ0v) is 21.5. The summed E-state index contributed by atoms with van der Waals surface area (Å²) in [6.45, 7) is 1.90. The highest BCUT2D eigenvalue weighted by Crippen LogP contribution is 2.59. The average molecular weight is 488 g/mol. The molecule has 2 amide bonds. The summed E-state index contributed by atoms with van der Waals surface area (Å²) in [7, 11) is 0. The van der Waals surface area contributed by atoms with Crippen LogP contribution in [0.15, 0.2) is 24.3 Å². The molecule has 2 atom stereocenters. The summed E-state index contributed by atoms with van der Waals surface area (Å²) in [4.78, 5) is 29.1. The lowest BCUT2D eigenvalue weighted by Crippen LogP contribution is -2.70. The molecule has 8 bridgehead atoms. The van der Waals surface area contributed by atoms with Gasteiger partial charge in [-0.2, -0.15) is 0 Å². The largest absolute Gasteiger partial charge is 0.350 e. The topological polar surface area (TPSA) is 61.4 Å². The SMILES string of the molecule is O=C(NC12CC3CC(CC(NCC(=O)N4Cc5ccccc5C4)(C3)C1)C2)C1C2CC3CC(C2)CC1C3. The van der Waals surface area contributed by atoms with Crippen LogP contribution in [0.5, 0.6) is 0 Å². The van der Waals surface area contributed by atoms with Crippen LogP contribution >= 0.6 is 0 Å². The monoisotopic (exact) mass is 487 g/mol. The second-order valence-electron chi connectivity index (χ2n) is 14.3. The van der Waals surface area contributed by atoms with Crippen LogP contribution in [-0.2, 0) is 22.7 Å². The number of hydrogen-bond donors (Lipinski definition) is 2. The van der Waals surface area contributed by atoms with E-state index in [4.69, 9.17) is 0 Å². The molecule has 0 spiro atoms. The van der Waals surface area contributed by atoms with Crippen LogP contribution in [0.25, 0.3) is 0 Å². The van der Waals surface area contributed by atoms with E-state index in [1.807, 2.05) is 4.90 Å². The molecule has 2 unspecified atom stereocenters. The Bertz CT molecular complexity index is 1030.